The Morgan fingerprint density at radius 3 is 2.38 bits per heavy atom. The standard InChI is InChI=1S/C46H45N9O5S/c1-25(2)42(45(59)55-23-34(56)17-39(55)44(58)50-26(3)28-9-11-29(12-10-28)43-27(4)49-24-61-43)41-18-37(53-60-41)32-19-47-46(48-20-32)54-21-33(22-54)30-13-14-36-31(15-30)16-38(52-51-36)35-7-5-6-8-40(35)57/h5-16,18-20,24-26,33-34,39,42,56-57H,17,21-23H2,1-4H3,(H,50,58)/t26?,34-,39+,42?/m1/s1. The zero-order chi connectivity index (χ0) is 42.4. The number of thiazole rings is 1. The number of phenols is 1. The molecule has 14 nitrogen and oxygen atoms in total. The number of phenolic OH excluding ortho intramolecular Hbond substituents is 1. The number of hydrogen-bond acceptors (Lipinski definition) is 13. The Labute approximate surface area is 356 Å². The van der Waals surface area contributed by atoms with Gasteiger partial charge < -0.3 is 29.9 Å². The van der Waals surface area contributed by atoms with Crippen molar-refractivity contribution in [2.75, 3.05) is 24.5 Å². The molecule has 7 aromatic rings. The van der Waals surface area contributed by atoms with Gasteiger partial charge in [-0.15, -0.1) is 21.5 Å². The summed E-state index contributed by atoms with van der Waals surface area (Å²) < 4.78 is 5.80. The number of likely N-dealkylation sites (tertiary alicyclic amines) is 1. The van der Waals surface area contributed by atoms with E-state index in [2.05, 4.69) is 52.7 Å². The molecule has 4 aromatic heterocycles. The van der Waals surface area contributed by atoms with Crippen molar-refractivity contribution in [3.8, 4) is 38.7 Å². The number of aromatic hydroxyl groups is 1. The number of para-hydroxylation sites is 1. The van der Waals surface area contributed by atoms with Crippen molar-refractivity contribution in [1.82, 2.24) is 40.5 Å². The van der Waals surface area contributed by atoms with Crippen LogP contribution in [0.15, 0.2) is 101 Å². The third-order valence-electron chi connectivity index (χ3n) is 11.8. The summed E-state index contributed by atoms with van der Waals surface area (Å²) in [6.45, 7) is 9.26. The minimum Gasteiger partial charge on any atom is -0.507 e. The molecule has 2 unspecified atom stereocenters. The Balaban J connectivity index is 0.836. The molecule has 6 heterocycles. The summed E-state index contributed by atoms with van der Waals surface area (Å²) in [6.07, 6.45) is 2.70. The summed E-state index contributed by atoms with van der Waals surface area (Å²) in [5, 5.41) is 38.0. The zero-order valence-corrected chi connectivity index (χ0v) is 35.0. The van der Waals surface area contributed by atoms with Gasteiger partial charge in [0.15, 0.2) is 0 Å². The SMILES string of the molecule is Cc1ncsc1-c1ccc(C(C)NC(=O)[C@@H]2C[C@@H](O)CN2C(=O)C(c2cc(-c3cnc(N4CC(c5ccc6nnc(-c7ccccc7O)cc6c5)C4)nc3)no2)C(C)C)cc1. The number of aryl methyl sites for hydroxylation is 1. The van der Waals surface area contributed by atoms with E-state index >= 15 is 0 Å². The number of carbonyl (C=O) groups excluding carboxylic acids is 2. The molecule has 3 aromatic carbocycles. The van der Waals surface area contributed by atoms with Gasteiger partial charge in [-0.3, -0.25) is 9.59 Å². The summed E-state index contributed by atoms with van der Waals surface area (Å²) in [5.74, 6) is -0.153. The number of β-amino-alcohol motifs (C(OH)–C–C–N with tert-alkyl or cyclic N) is 1. The van der Waals surface area contributed by atoms with Crippen molar-refractivity contribution < 1.29 is 24.3 Å². The molecule has 2 fully saturated rings. The number of aromatic nitrogens is 6. The maximum absolute atomic E-state index is 14.3. The number of rotatable bonds is 11. The highest BCUT2D eigenvalue weighted by atomic mass is 32.1. The first kappa shape index (κ1) is 39.9. The summed E-state index contributed by atoms with van der Waals surface area (Å²) in [5.41, 5.74) is 9.13. The molecule has 61 heavy (non-hydrogen) atoms. The van der Waals surface area contributed by atoms with Gasteiger partial charge in [0.1, 0.15) is 29.2 Å². The van der Waals surface area contributed by atoms with E-state index < -0.39 is 18.1 Å². The molecule has 2 aliphatic rings. The van der Waals surface area contributed by atoms with Gasteiger partial charge in [-0.2, -0.15) is 0 Å². The van der Waals surface area contributed by atoms with Crippen molar-refractivity contribution >= 4 is 40.0 Å². The van der Waals surface area contributed by atoms with Crippen LogP contribution in [0.1, 0.15) is 67.7 Å². The topological polar surface area (TPSA) is 184 Å². The number of aliphatic hydroxyl groups is 1. The summed E-state index contributed by atoms with van der Waals surface area (Å²) in [4.78, 5) is 46.3. The number of carbonyl (C=O) groups is 2. The van der Waals surface area contributed by atoms with Crippen molar-refractivity contribution in [3.63, 3.8) is 0 Å². The van der Waals surface area contributed by atoms with Crippen LogP contribution in [0.5, 0.6) is 5.75 Å². The van der Waals surface area contributed by atoms with Crippen molar-refractivity contribution in [2.45, 2.75) is 64.1 Å². The first-order chi connectivity index (χ1) is 29.5. The van der Waals surface area contributed by atoms with Crippen LogP contribution in [-0.2, 0) is 9.59 Å². The van der Waals surface area contributed by atoms with E-state index in [1.807, 2.05) is 81.7 Å². The molecule has 9 rings (SSSR count). The largest absolute Gasteiger partial charge is 0.507 e. The molecule has 2 aliphatic heterocycles. The minimum atomic E-state index is -0.840. The highest BCUT2D eigenvalue weighted by Gasteiger charge is 2.43. The minimum absolute atomic E-state index is 0.0429. The van der Waals surface area contributed by atoms with Gasteiger partial charge in [0.25, 0.3) is 0 Å². The maximum atomic E-state index is 14.3. The lowest BCUT2D eigenvalue weighted by Crippen LogP contribution is -2.48. The van der Waals surface area contributed by atoms with Gasteiger partial charge >= 0.3 is 0 Å². The Kier molecular flexibility index (Phi) is 10.8. The van der Waals surface area contributed by atoms with Crippen LogP contribution >= 0.6 is 11.3 Å². The Morgan fingerprint density at radius 1 is 0.885 bits per heavy atom. The lowest BCUT2D eigenvalue weighted by Gasteiger charge is -2.39. The van der Waals surface area contributed by atoms with E-state index in [9.17, 15) is 19.8 Å². The molecular formula is C46H45N9O5S. The molecule has 310 valence electrons. The van der Waals surface area contributed by atoms with E-state index in [0.717, 1.165) is 45.7 Å². The lowest BCUT2D eigenvalue weighted by molar-refractivity contribution is -0.141. The first-order valence-electron chi connectivity index (χ1n) is 20.4. The highest BCUT2D eigenvalue weighted by molar-refractivity contribution is 7.13. The van der Waals surface area contributed by atoms with Gasteiger partial charge in [-0.1, -0.05) is 61.5 Å². The monoisotopic (exact) mass is 835 g/mol. The summed E-state index contributed by atoms with van der Waals surface area (Å²) in [7, 11) is 0. The predicted molar refractivity (Wildman–Crippen MR) is 232 cm³/mol. The van der Waals surface area contributed by atoms with E-state index in [1.54, 1.807) is 41.9 Å². The summed E-state index contributed by atoms with van der Waals surface area (Å²) >= 11 is 1.59. The number of amides is 2. The molecule has 0 aliphatic carbocycles. The van der Waals surface area contributed by atoms with Crippen molar-refractivity contribution in [3.05, 3.63) is 119 Å². The molecule has 4 atom stereocenters. The van der Waals surface area contributed by atoms with Crippen LogP contribution in [0.4, 0.5) is 5.95 Å². The number of aliphatic hydroxyl groups excluding tert-OH is 1. The Bertz CT molecular complexity index is 2710. The van der Waals surface area contributed by atoms with E-state index in [4.69, 9.17) is 4.52 Å². The number of hydrogen-bond donors (Lipinski definition) is 3. The molecule has 0 radical (unpaired) electrons. The number of nitrogens with zero attached hydrogens (tertiary/aromatic N) is 8. The fourth-order valence-electron chi connectivity index (χ4n) is 8.30. The van der Waals surface area contributed by atoms with E-state index in [1.165, 1.54) is 10.5 Å². The number of fused-ring (bicyclic) bond motifs is 1. The maximum Gasteiger partial charge on any atom is 0.243 e. The number of benzene rings is 3. The van der Waals surface area contributed by atoms with Gasteiger partial charge in [-0.05, 0) is 66.8 Å². The third-order valence-corrected chi connectivity index (χ3v) is 12.7. The normalized spacial score (nSPS) is 17.7. The second-order valence-electron chi connectivity index (χ2n) is 16.3. The molecule has 15 heteroatoms. The highest BCUT2D eigenvalue weighted by Crippen LogP contribution is 2.36. The molecule has 2 amide bonds. The quantitative estimate of drug-likeness (QED) is 0.121. The molecule has 2 saturated heterocycles. The molecule has 0 saturated carbocycles. The van der Waals surface area contributed by atoms with Gasteiger partial charge in [0, 0.05) is 66.9 Å². The first-order valence-corrected chi connectivity index (χ1v) is 21.3. The van der Waals surface area contributed by atoms with Crippen LogP contribution < -0.4 is 10.2 Å². The van der Waals surface area contributed by atoms with Crippen molar-refractivity contribution in [2.24, 2.45) is 5.92 Å². The predicted octanol–water partition coefficient (Wildman–Crippen LogP) is 7.06. The molecule has 3 N–H and O–H groups in total. The van der Waals surface area contributed by atoms with E-state index in [-0.39, 0.29) is 48.4 Å². The van der Waals surface area contributed by atoms with E-state index in [0.29, 0.717) is 34.2 Å². The molecule has 0 spiro atoms. The number of nitrogens with one attached hydrogen (secondary N) is 1. The van der Waals surface area contributed by atoms with Crippen LogP contribution in [0.25, 0.3) is 43.9 Å². The lowest BCUT2D eigenvalue weighted by atomic mass is 9.90. The Hall–Kier alpha value is -6.58. The average Bonchev–Trinajstić information content (AvgIpc) is 4.01. The fraction of sp³-hybridized carbons (Fsp3) is 0.304. The van der Waals surface area contributed by atoms with Gasteiger partial charge in [0.05, 0.1) is 39.4 Å². The molecular weight excluding hydrogens is 791 g/mol. The second kappa shape index (κ2) is 16.5. The van der Waals surface area contributed by atoms with Crippen LogP contribution in [0.2, 0.25) is 0 Å². The van der Waals surface area contributed by atoms with Crippen LogP contribution in [0.3, 0.4) is 0 Å². The smallest absolute Gasteiger partial charge is 0.243 e. The van der Waals surface area contributed by atoms with Gasteiger partial charge in [0.2, 0.25) is 17.8 Å². The van der Waals surface area contributed by atoms with Crippen LogP contribution in [-0.4, -0.2) is 89.0 Å². The second-order valence-corrected chi connectivity index (χ2v) is 17.1. The Morgan fingerprint density at radius 2 is 1.66 bits per heavy atom. The molecule has 0 bridgehead atoms. The van der Waals surface area contributed by atoms with Crippen molar-refractivity contribution in [1.29, 1.82) is 0 Å². The van der Waals surface area contributed by atoms with Gasteiger partial charge in [-0.25, -0.2) is 15.0 Å². The third kappa shape index (κ3) is 7.93. The summed E-state index contributed by atoms with van der Waals surface area (Å²) in [6, 6.07) is 23.8. The zero-order valence-electron chi connectivity index (χ0n) is 34.1. The fourth-order valence-corrected chi connectivity index (χ4v) is 9.11. The average molecular weight is 836 g/mol. The van der Waals surface area contributed by atoms with Crippen LogP contribution in [0, 0.1) is 12.8 Å². The number of anilines is 1.